The van der Waals surface area contributed by atoms with Gasteiger partial charge in [0.1, 0.15) is 30.3 Å². The first-order chi connectivity index (χ1) is 23.7. The first kappa shape index (κ1) is 39.9. The minimum Gasteiger partial charge on any atom is -0.445 e. The van der Waals surface area contributed by atoms with Crippen LogP contribution in [-0.2, 0) is 31.9 Å². The number of anilines is 1. The van der Waals surface area contributed by atoms with E-state index in [0.29, 0.717) is 31.2 Å². The van der Waals surface area contributed by atoms with Crippen LogP contribution < -0.4 is 32.6 Å². The van der Waals surface area contributed by atoms with Crippen molar-refractivity contribution in [3.05, 3.63) is 76.1 Å². The molecule has 0 saturated carbocycles. The Hall–Kier alpha value is -4.57. The maximum atomic E-state index is 13.6. The fourth-order valence-electron chi connectivity index (χ4n) is 4.93. The molecule has 0 aliphatic carbocycles. The number of rotatable bonds is 17. The number of amides is 4. The number of carbonyl (C=O) groups excluding carboxylic acids is 4. The van der Waals surface area contributed by atoms with E-state index < -0.39 is 59.3 Å². The van der Waals surface area contributed by atoms with Crippen molar-refractivity contribution in [1.29, 1.82) is 0 Å². The van der Waals surface area contributed by atoms with Gasteiger partial charge in [-0.3, -0.25) is 14.4 Å². The molecule has 3 aromatic rings. The van der Waals surface area contributed by atoms with Gasteiger partial charge < -0.3 is 36.2 Å². The van der Waals surface area contributed by atoms with E-state index >= 15 is 0 Å². The SMILES string of the molecule is CSCCC(NC(=O)C(CCCCN)NC(=O)C(NC(=O)OCc1ccccc1)C(C)C)C(=O)Nc1ccc2c(C(F)(F)F)cc(=O)oc2c1. The lowest BCUT2D eigenvalue weighted by Crippen LogP contribution is -2.57. The van der Waals surface area contributed by atoms with Gasteiger partial charge in [0.2, 0.25) is 17.7 Å². The van der Waals surface area contributed by atoms with E-state index in [1.807, 2.05) is 6.07 Å². The average Bonchev–Trinajstić information content (AvgIpc) is 3.06. The Morgan fingerprint density at radius 3 is 2.22 bits per heavy atom. The van der Waals surface area contributed by atoms with Crippen LogP contribution >= 0.6 is 11.8 Å². The zero-order chi connectivity index (χ0) is 36.8. The summed E-state index contributed by atoms with van der Waals surface area (Å²) < 4.78 is 50.7. The number of alkyl carbamates (subject to hydrolysis) is 1. The minimum atomic E-state index is -4.81. The van der Waals surface area contributed by atoms with Crippen molar-refractivity contribution in [3.8, 4) is 0 Å². The van der Waals surface area contributed by atoms with E-state index in [9.17, 15) is 37.1 Å². The lowest BCUT2D eigenvalue weighted by atomic mass is 10.0. The van der Waals surface area contributed by atoms with Crippen molar-refractivity contribution >= 4 is 52.2 Å². The van der Waals surface area contributed by atoms with Gasteiger partial charge in [0.15, 0.2) is 0 Å². The highest BCUT2D eigenvalue weighted by atomic mass is 32.2. The van der Waals surface area contributed by atoms with Gasteiger partial charge in [-0.1, -0.05) is 44.2 Å². The summed E-state index contributed by atoms with van der Waals surface area (Å²) >= 11 is 1.42. The number of unbranched alkanes of at least 4 members (excludes halogenated alkanes) is 1. The molecule has 12 nitrogen and oxygen atoms in total. The van der Waals surface area contributed by atoms with Gasteiger partial charge in [0, 0.05) is 23.2 Å². The quantitative estimate of drug-likeness (QED) is 0.0987. The fourth-order valence-corrected chi connectivity index (χ4v) is 5.40. The molecule has 50 heavy (non-hydrogen) atoms. The van der Waals surface area contributed by atoms with Crippen molar-refractivity contribution in [2.24, 2.45) is 11.7 Å². The molecule has 3 unspecified atom stereocenters. The molecular weight excluding hydrogens is 679 g/mol. The van der Waals surface area contributed by atoms with Crippen LogP contribution in [0, 0.1) is 5.92 Å². The maximum Gasteiger partial charge on any atom is 0.417 e. The van der Waals surface area contributed by atoms with Crippen LogP contribution in [0.15, 0.2) is 63.8 Å². The normalized spacial score (nSPS) is 13.3. The predicted octanol–water partition coefficient (Wildman–Crippen LogP) is 4.55. The molecule has 6 N–H and O–H groups in total. The number of hydrogen-bond acceptors (Lipinski definition) is 9. The number of nitrogens with two attached hydrogens (primary N) is 1. The molecule has 272 valence electrons. The largest absolute Gasteiger partial charge is 0.445 e. The molecule has 0 bridgehead atoms. The predicted molar refractivity (Wildman–Crippen MR) is 184 cm³/mol. The lowest BCUT2D eigenvalue weighted by molar-refractivity contribution is -0.136. The highest BCUT2D eigenvalue weighted by Crippen LogP contribution is 2.34. The second-order valence-corrected chi connectivity index (χ2v) is 12.8. The van der Waals surface area contributed by atoms with Crippen LogP contribution in [0.3, 0.4) is 0 Å². The zero-order valence-corrected chi connectivity index (χ0v) is 28.7. The summed E-state index contributed by atoms with van der Waals surface area (Å²) in [4.78, 5) is 64.8. The highest BCUT2D eigenvalue weighted by Gasteiger charge is 2.34. The van der Waals surface area contributed by atoms with Crippen LogP contribution in [0.2, 0.25) is 0 Å². The summed E-state index contributed by atoms with van der Waals surface area (Å²) in [6.45, 7) is 3.78. The number of carbonyl (C=O) groups is 4. The monoisotopic (exact) mass is 721 g/mol. The topological polar surface area (TPSA) is 182 Å². The van der Waals surface area contributed by atoms with E-state index in [1.165, 1.54) is 17.8 Å². The van der Waals surface area contributed by atoms with E-state index in [0.717, 1.165) is 17.7 Å². The first-order valence-electron chi connectivity index (χ1n) is 16.0. The molecule has 1 heterocycles. The van der Waals surface area contributed by atoms with Gasteiger partial charge >= 0.3 is 17.9 Å². The molecule has 1 aromatic heterocycles. The number of benzene rings is 2. The molecule has 0 radical (unpaired) electrons. The van der Waals surface area contributed by atoms with E-state index in [4.69, 9.17) is 14.9 Å². The third-order valence-electron chi connectivity index (χ3n) is 7.58. The molecule has 4 amide bonds. The van der Waals surface area contributed by atoms with Crippen LogP contribution in [0.4, 0.5) is 23.7 Å². The zero-order valence-electron chi connectivity index (χ0n) is 27.9. The molecule has 0 fully saturated rings. The number of hydrogen-bond donors (Lipinski definition) is 5. The van der Waals surface area contributed by atoms with Crippen molar-refractivity contribution in [3.63, 3.8) is 0 Å². The summed E-state index contributed by atoms with van der Waals surface area (Å²) in [6.07, 6.45) is -2.44. The van der Waals surface area contributed by atoms with Gasteiger partial charge in [-0.05, 0) is 67.9 Å². The minimum absolute atomic E-state index is 0.00895. The Bertz CT molecular complexity index is 1670. The van der Waals surface area contributed by atoms with E-state index in [1.54, 1.807) is 44.4 Å². The molecule has 3 atom stereocenters. The maximum absolute atomic E-state index is 13.6. The van der Waals surface area contributed by atoms with Gasteiger partial charge in [0.25, 0.3) is 0 Å². The van der Waals surface area contributed by atoms with Gasteiger partial charge in [0.05, 0.1) is 5.56 Å². The molecule has 0 aliphatic rings. The highest BCUT2D eigenvalue weighted by molar-refractivity contribution is 7.98. The molecule has 0 spiro atoms. The number of nitrogens with one attached hydrogen (secondary N) is 4. The number of alkyl halides is 3. The van der Waals surface area contributed by atoms with Crippen LogP contribution in [0.25, 0.3) is 11.0 Å². The third kappa shape index (κ3) is 12.1. The second kappa shape index (κ2) is 19.0. The molecular formula is C34H42F3N5O7S. The smallest absolute Gasteiger partial charge is 0.417 e. The molecule has 0 aliphatic heterocycles. The number of fused-ring (bicyclic) bond motifs is 1. The van der Waals surface area contributed by atoms with E-state index in [-0.39, 0.29) is 42.0 Å². The number of thioether (sulfide) groups is 1. The van der Waals surface area contributed by atoms with Crippen molar-refractivity contribution in [2.75, 3.05) is 23.9 Å². The summed E-state index contributed by atoms with van der Waals surface area (Å²) in [5.74, 6) is -1.91. The Morgan fingerprint density at radius 1 is 0.900 bits per heavy atom. The van der Waals surface area contributed by atoms with Gasteiger partial charge in [-0.25, -0.2) is 9.59 Å². The Labute approximate surface area is 291 Å². The third-order valence-corrected chi connectivity index (χ3v) is 8.22. The Kier molecular flexibility index (Phi) is 15.1. The lowest BCUT2D eigenvalue weighted by Gasteiger charge is -2.26. The number of ether oxygens (including phenoxy) is 1. The first-order valence-corrected chi connectivity index (χ1v) is 17.4. The summed E-state index contributed by atoms with van der Waals surface area (Å²) in [6, 6.07) is 9.47. The summed E-state index contributed by atoms with van der Waals surface area (Å²) in [5, 5.41) is 10.1. The summed E-state index contributed by atoms with van der Waals surface area (Å²) in [7, 11) is 0. The second-order valence-electron chi connectivity index (χ2n) is 11.8. The van der Waals surface area contributed by atoms with Crippen molar-refractivity contribution in [2.45, 2.75) is 70.4 Å². The van der Waals surface area contributed by atoms with Gasteiger partial charge in [-0.2, -0.15) is 24.9 Å². The van der Waals surface area contributed by atoms with Crippen LogP contribution in [-0.4, -0.2) is 60.5 Å². The summed E-state index contributed by atoms with van der Waals surface area (Å²) in [5.41, 5.74) is 3.67. The van der Waals surface area contributed by atoms with Crippen LogP contribution in [0.5, 0.6) is 0 Å². The standard InChI is InChI=1S/C34H42F3N5O7S/c1-20(2)29(42-33(47)48-19-21-9-5-4-6-10-21)32(46)41-25(11-7-8-15-38)31(45)40-26(14-16-50-3)30(44)39-22-12-13-23-24(34(35,36)37)18-28(43)49-27(23)17-22/h4-6,9-10,12-13,17-18,20,25-26,29H,7-8,11,14-16,19,38H2,1-3H3,(H,39,44)(H,40,45)(H,41,46)(H,42,47). The number of halogens is 3. The Morgan fingerprint density at radius 2 is 1.58 bits per heavy atom. The van der Waals surface area contributed by atoms with Gasteiger partial charge in [-0.15, -0.1) is 0 Å². The van der Waals surface area contributed by atoms with E-state index in [2.05, 4.69) is 21.3 Å². The molecule has 3 rings (SSSR count). The van der Waals surface area contributed by atoms with Crippen molar-refractivity contribution < 1.29 is 41.5 Å². The molecule has 0 saturated heterocycles. The van der Waals surface area contributed by atoms with Crippen LogP contribution in [0.1, 0.15) is 50.7 Å². The molecule has 16 heteroatoms. The fraction of sp³-hybridized carbons (Fsp3) is 0.441. The van der Waals surface area contributed by atoms with Crippen molar-refractivity contribution in [1.82, 2.24) is 16.0 Å². The molecule has 2 aromatic carbocycles. The average molecular weight is 722 g/mol. The Balaban J connectivity index is 1.75.